The maximum Gasteiger partial charge on any atom is 0.214 e. The molecule has 4 aromatic rings. The third-order valence-electron chi connectivity index (χ3n) is 3.48. The number of benzene rings is 2. The summed E-state index contributed by atoms with van der Waals surface area (Å²) in [5.41, 5.74) is 0.233. The van der Waals surface area contributed by atoms with Gasteiger partial charge in [-0.15, -0.1) is 0 Å². The van der Waals surface area contributed by atoms with E-state index in [0.29, 0.717) is 12.1 Å². The number of hydrogen-bond acceptors (Lipinski definition) is 7. The van der Waals surface area contributed by atoms with Crippen molar-refractivity contribution >= 4 is 46.0 Å². The highest BCUT2D eigenvalue weighted by atomic mass is 32.1. The van der Waals surface area contributed by atoms with Crippen molar-refractivity contribution in [2.75, 3.05) is 10.6 Å². The Morgan fingerprint density at radius 1 is 0.667 bits per heavy atom. The van der Waals surface area contributed by atoms with E-state index < -0.39 is 23.3 Å². The van der Waals surface area contributed by atoms with Gasteiger partial charge in [-0.3, -0.25) is 0 Å². The van der Waals surface area contributed by atoms with Gasteiger partial charge in [0.25, 0.3) is 0 Å². The number of anilines is 4. The molecule has 4 rings (SSSR count). The number of nitrogens with zero attached hydrogens (tertiary/aromatic N) is 4. The van der Waals surface area contributed by atoms with E-state index in [1.807, 2.05) is 0 Å². The van der Waals surface area contributed by atoms with Gasteiger partial charge >= 0.3 is 0 Å². The Hall–Kier alpha value is -3.34. The predicted molar refractivity (Wildman–Crippen MR) is 92.3 cm³/mol. The average Bonchev–Trinajstić information content (AvgIpc) is 3.07. The number of halogens is 4. The molecule has 0 radical (unpaired) electrons. The van der Waals surface area contributed by atoms with Crippen molar-refractivity contribution in [1.29, 1.82) is 0 Å². The molecule has 2 N–H and O–H groups in total. The lowest BCUT2D eigenvalue weighted by molar-refractivity contribution is 0.585. The summed E-state index contributed by atoms with van der Waals surface area (Å²) in [5, 5.41) is 5.33. The molecule has 0 aliphatic carbocycles. The third kappa shape index (κ3) is 3.49. The van der Waals surface area contributed by atoms with Crippen LogP contribution in [0.15, 0.2) is 36.4 Å². The first-order chi connectivity index (χ1) is 13.0. The van der Waals surface area contributed by atoms with Crippen molar-refractivity contribution in [1.82, 2.24) is 18.7 Å². The van der Waals surface area contributed by atoms with Gasteiger partial charge in [-0.25, -0.2) is 27.5 Å². The highest BCUT2D eigenvalue weighted by molar-refractivity contribution is 6.99. The lowest BCUT2D eigenvalue weighted by Gasteiger charge is -2.13. The van der Waals surface area contributed by atoms with Crippen molar-refractivity contribution in [2.24, 2.45) is 0 Å². The first kappa shape index (κ1) is 17.1. The number of hydrogen-bond donors (Lipinski definition) is 2. The van der Waals surface area contributed by atoms with Crippen LogP contribution in [0.25, 0.3) is 11.3 Å². The van der Waals surface area contributed by atoms with Crippen LogP contribution in [0.5, 0.6) is 0 Å². The third-order valence-corrected chi connectivity index (χ3v) is 3.99. The maximum absolute atomic E-state index is 14.0. The Balaban J connectivity index is 1.77. The fourth-order valence-corrected chi connectivity index (χ4v) is 2.69. The highest BCUT2D eigenvalue weighted by Gasteiger charge is 2.16. The number of nitrogens with one attached hydrogen (secondary N) is 2. The van der Waals surface area contributed by atoms with Gasteiger partial charge in [-0.05, 0) is 24.3 Å². The molecule has 0 bridgehead atoms. The Morgan fingerprint density at radius 3 is 1.52 bits per heavy atom. The summed E-state index contributed by atoms with van der Waals surface area (Å²) in [6, 6.07) is 5.89. The molecule has 2 aromatic heterocycles. The molecule has 0 saturated carbocycles. The lowest BCUT2D eigenvalue weighted by atomic mass is 10.3. The minimum atomic E-state index is -0.854. The van der Waals surface area contributed by atoms with E-state index in [0.717, 1.165) is 23.9 Å². The second-order valence-corrected chi connectivity index (χ2v) is 5.86. The normalized spacial score (nSPS) is 11.0. The molecule has 0 fully saturated rings. The standard InChI is InChI=1S/C16H8F4N6S/c17-7-1-3-11(9(19)5-7)21-13-14(24-16-15(23-13)25-27-26-16)22-12-4-2-8(18)6-10(12)20/h1-6H,(H,21,23,25)(H,22,24,26). The molecule has 0 aliphatic heterocycles. The van der Waals surface area contributed by atoms with Crippen LogP contribution in [0.4, 0.5) is 40.6 Å². The Labute approximate surface area is 153 Å². The summed E-state index contributed by atoms with van der Waals surface area (Å²) in [5.74, 6) is -3.18. The lowest BCUT2D eigenvalue weighted by Crippen LogP contribution is -2.05. The van der Waals surface area contributed by atoms with Crippen LogP contribution in [-0.2, 0) is 0 Å². The summed E-state index contributed by atoms with van der Waals surface area (Å²) < 4.78 is 62.0. The molecule has 0 spiro atoms. The zero-order valence-corrected chi connectivity index (χ0v) is 14.0. The van der Waals surface area contributed by atoms with Crippen LogP contribution in [0.2, 0.25) is 0 Å². The second-order valence-electron chi connectivity index (χ2n) is 5.33. The molecule has 0 aliphatic rings. The molecule has 2 heterocycles. The average molecular weight is 392 g/mol. The van der Waals surface area contributed by atoms with E-state index in [9.17, 15) is 17.6 Å². The summed E-state index contributed by atoms with van der Waals surface area (Å²) in [4.78, 5) is 8.36. The number of aromatic nitrogens is 4. The van der Waals surface area contributed by atoms with Gasteiger partial charge in [0.1, 0.15) is 23.3 Å². The minimum absolute atomic E-state index is 0.00410. The summed E-state index contributed by atoms with van der Waals surface area (Å²) >= 11 is 0.865. The first-order valence-electron chi connectivity index (χ1n) is 7.44. The smallest absolute Gasteiger partial charge is 0.214 e. The maximum atomic E-state index is 14.0. The zero-order chi connectivity index (χ0) is 19.0. The van der Waals surface area contributed by atoms with Crippen molar-refractivity contribution in [2.45, 2.75) is 0 Å². The van der Waals surface area contributed by atoms with E-state index in [1.54, 1.807) is 0 Å². The fourth-order valence-electron chi connectivity index (χ4n) is 2.25. The van der Waals surface area contributed by atoms with Crippen molar-refractivity contribution in [3.63, 3.8) is 0 Å². The largest absolute Gasteiger partial charge is 0.335 e. The van der Waals surface area contributed by atoms with Crippen LogP contribution in [0, 0.1) is 23.3 Å². The number of rotatable bonds is 4. The molecule has 27 heavy (non-hydrogen) atoms. The van der Waals surface area contributed by atoms with Gasteiger partial charge in [-0.2, -0.15) is 8.75 Å². The van der Waals surface area contributed by atoms with E-state index in [4.69, 9.17) is 0 Å². The second kappa shape index (κ2) is 6.76. The summed E-state index contributed by atoms with van der Waals surface area (Å²) in [6.07, 6.45) is 0. The van der Waals surface area contributed by atoms with E-state index in [1.165, 1.54) is 12.1 Å². The Morgan fingerprint density at radius 2 is 1.11 bits per heavy atom. The van der Waals surface area contributed by atoms with Crippen molar-refractivity contribution < 1.29 is 17.6 Å². The van der Waals surface area contributed by atoms with E-state index >= 15 is 0 Å². The topological polar surface area (TPSA) is 75.6 Å². The van der Waals surface area contributed by atoms with Crippen LogP contribution in [0.1, 0.15) is 0 Å². The SMILES string of the molecule is Fc1ccc(Nc2nc3nsnc3nc2Nc2ccc(F)cc2F)c(F)c1. The molecule has 0 amide bonds. The van der Waals surface area contributed by atoms with Gasteiger partial charge in [-0.1, -0.05) is 0 Å². The molecule has 0 atom stereocenters. The molecule has 0 saturated heterocycles. The predicted octanol–water partition coefficient (Wildman–Crippen LogP) is 4.52. The van der Waals surface area contributed by atoms with Crippen LogP contribution in [-0.4, -0.2) is 18.7 Å². The van der Waals surface area contributed by atoms with Gasteiger partial charge in [0, 0.05) is 12.1 Å². The number of fused-ring (bicyclic) bond motifs is 1. The van der Waals surface area contributed by atoms with Gasteiger partial charge in [0.2, 0.25) is 11.3 Å². The quantitative estimate of drug-likeness (QED) is 0.497. The summed E-state index contributed by atoms with van der Waals surface area (Å²) in [7, 11) is 0. The minimum Gasteiger partial charge on any atom is -0.335 e. The van der Waals surface area contributed by atoms with Gasteiger partial charge in [0.05, 0.1) is 23.1 Å². The van der Waals surface area contributed by atoms with Crippen molar-refractivity contribution in [3.8, 4) is 0 Å². The van der Waals surface area contributed by atoms with Crippen LogP contribution < -0.4 is 10.6 Å². The Kier molecular flexibility index (Phi) is 4.28. The molecule has 136 valence electrons. The van der Waals surface area contributed by atoms with Crippen LogP contribution >= 0.6 is 11.7 Å². The van der Waals surface area contributed by atoms with E-state index in [2.05, 4.69) is 29.3 Å². The van der Waals surface area contributed by atoms with E-state index in [-0.39, 0.29) is 34.3 Å². The van der Waals surface area contributed by atoms with Crippen LogP contribution in [0.3, 0.4) is 0 Å². The molecule has 6 nitrogen and oxygen atoms in total. The molecular formula is C16H8F4N6S. The molecule has 2 aromatic carbocycles. The fraction of sp³-hybridized carbons (Fsp3) is 0. The monoisotopic (exact) mass is 392 g/mol. The molecule has 11 heteroatoms. The highest BCUT2D eigenvalue weighted by Crippen LogP contribution is 2.29. The van der Waals surface area contributed by atoms with Gasteiger partial charge in [0.15, 0.2) is 11.6 Å². The van der Waals surface area contributed by atoms with Crippen molar-refractivity contribution in [3.05, 3.63) is 59.7 Å². The first-order valence-corrected chi connectivity index (χ1v) is 8.17. The molecule has 0 unspecified atom stereocenters. The zero-order valence-electron chi connectivity index (χ0n) is 13.2. The van der Waals surface area contributed by atoms with Gasteiger partial charge < -0.3 is 10.6 Å². The molecular weight excluding hydrogens is 384 g/mol. The Bertz CT molecular complexity index is 1060. The summed E-state index contributed by atoms with van der Waals surface area (Å²) in [6.45, 7) is 0.